The van der Waals surface area contributed by atoms with Crippen LogP contribution in [0.5, 0.6) is 11.5 Å². The average molecular weight is 643 g/mol. The highest BCUT2D eigenvalue weighted by Crippen LogP contribution is 2.28. The molecule has 1 saturated heterocycles. The molecule has 1 fully saturated rings. The fraction of sp³-hybridized carbons (Fsp3) is 0.280. The minimum atomic E-state index is -4.31. The Kier molecular flexibility index (Phi) is 8.79. The lowest BCUT2D eigenvalue weighted by atomic mass is 10.2. The van der Waals surface area contributed by atoms with Gasteiger partial charge in [-0.2, -0.15) is 26.4 Å². The van der Waals surface area contributed by atoms with Crippen LogP contribution in [0.2, 0.25) is 0 Å². The summed E-state index contributed by atoms with van der Waals surface area (Å²) in [5.41, 5.74) is 0.121. The van der Waals surface area contributed by atoms with Crippen molar-refractivity contribution in [2.24, 2.45) is 0 Å². The van der Waals surface area contributed by atoms with Crippen LogP contribution in [0.1, 0.15) is 5.56 Å². The molecule has 1 amide bonds. The summed E-state index contributed by atoms with van der Waals surface area (Å²) in [5, 5.41) is 7.29. The molecule has 3 heterocycles. The van der Waals surface area contributed by atoms with Crippen molar-refractivity contribution in [3.05, 3.63) is 76.7 Å². The molecule has 12 nitrogen and oxygen atoms in total. The first-order chi connectivity index (χ1) is 20.5. The molecule has 4 aromatic rings. The minimum Gasteiger partial charge on any atom is -0.435 e. The van der Waals surface area contributed by atoms with E-state index >= 15 is 0 Å². The van der Waals surface area contributed by atoms with Gasteiger partial charge in [-0.1, -0.05) is 23.5 Å². The maximum atomic E-state index is 13.7. The fourth-order valence-corrected chi connectivity index (χ4v) is 6.81. The number of ether oxygens (including phenoxy) is 2. The van der Waals surface area contributed by atoms with Gasteiger partial charge in [0.05, 0.1) is 4.90 Å². The lowest BCUT2D eigenvalue weighted by Gasteiger charge is -2.39. The topological polar surface area (TPSA) is 135 Å². The maximum absolute atomic E-state index is 13.7. The molecule has 2 aromatic heterocycles. The Hall–Kier alpha value is -4.29. The number of benzene rings is 2. The summed E-state index contributed by atoms with van der Waals surface area (Å²) in [4.78, 5) is 31.5. The van der Waals surface area contributed by atoms with Crippen LogP contribution in [0.3, 0.4) is 0 Å². The zero-order valence-corrected chi connectivity index (χ0v) is 23.5. The number of anilines is 1. The quantitative estimate of drug-likeness (QED) is 0.259. The molecule has 5 rings (SSSR count). The number of aromatic nitrogens is 3. The van der Waals surface area contributed by atoms with Crippen molar-refractivity contribution < 1.29 is 40.2 Å². The molecule has 1 aliphatic heterocycles. The van der Waals surface area contributed by atoms with Crippen molar-refractivity contribution in [1.82, 2.24) is 24.2 Å². The monoisotopic (exact) mass is 642 g/mol. The van der Waals surface area contributed by atoms with Crippen LogP contribution in [-0.2, 0) is 21.4 Å². The third kappa shape index (κ3) is 6.86. The summed E-state index contributed by atoms with van der Waals surface area (Å²) in [5.74, 6) is -0.979. The largest absolute Gasteiger partial charge is 0.435 e. The molecule has 1 aliphatic rings. The summed E-state index contributed by atoms with van der Waals surface area (Å²) < 4.78 is 88.0. The van der Waals surface area contributed by atoms with Gasteiger partial charge >= 0.3 is 13.2 Å². The maximum Gasteiger partial charge on any atom is 0.387 e. The zero-order valence-electron chi connectivity index (χ0n) is 21.8. The van der Waals surface area contributed by atoms with Gasteiger partial charge in [0.25, 0.3) is 5.56 Å². The molecule has 0 bridgehead atoms. The first kappa shape index (κ1) is 30.2. The molecule has 0 aliphatic carbocycles. The smallest absolute Gasteiger partial charge is 0.387 e. The van der Waals surface area contributed by atoms with E-state index in [0.29, 0.717) is 15.7 Å². The third-order valence-corrected chi connectivity index (χ3v) is 9.24. The van der Waals surface area contributed by atoms with Crippen LogP contribution in [0.4, 0.5) is 22.7 Å². The van der Waals surface area contributed by atoms with Crippen LogP contribution in [0.25, 0.3) is 4.96 Å². The van der Waals surface area contributed by atoms with E-state index in [1.807, 2.05) is 0 Å². The number of hydrogen-bond donors (Lipinski definition) is 1. The summed E-state index contributed by atoms with van der Waals surface area (Å²) >= 11 is 1.09. The lowest BCUT2D eigenvalue weighted by Crippen LogP contribution is -2.60. The summed E-state index contributed by atoms with van der Waals surface area (Å²) in [6.07, 6.45) is 1.34. The molecule has 0 spiro atoms. The van der Waals surface area contributed by atoms with Gasteiger partial charge in [-0.05, 0) is 42.0 Å². The van der Waals surface area contributed by atoms with E-state index in [1.54, 1.807) is 4.90 Å². The van der Waals surface area contributed by atoms with Crippen LogP contribution >= 0.6 is 11.3 Å². The first-order valence-electron chi connectivity index (χ1n) is 12.5. The third-order valence-electron chi connectivity index (χ3n) is 6.34. The van der Waals surface area contributed by atoms with Crippen molar-refractivity contribution in [1.29, 1.82) is 0 Å². The molecular weight excluding hydrogens is 620 g/mol. The van der Waals surface area contributed by atoms with Crippen LogP contribution in [-0.4, -0.2) is 72.1 Å². The Bertz CT molecular complexity index is 1750. The molecule has 18 heteroatoms. The van der Waals surface area contributed by atoms with Crippen molar-refractivity contribution in [2.75, 3.05) is 24.5 Å². The van der Waals surface area contributed by atoms with E-state index in [9.17, 15) is 35.6 Å². The van der Waals surface area contributed by atoms with Crippen LogP contribution in [0.15, 0.2) is 70.5 Å². The highest BCUT2D eigenvalue weighted by atomic mass is 32.2. The Morgan fingerprint density at radius 2 is 1.60 bits per heavy atom. The van der Waals surface area contributed by atoms with Crippen LogP contribution < -0.4 is 25.2 Å². The van der Waals surface area contributed by atoms with E-state index in [-0.39, 0.29) is 42.6 Å². The van der Waals surface area contributed by atoms with Crippen molar-refractivity contribution in [2.45, 2.75) is 30.7 Å². The van der Waals surface area contributed by atoms with Crippen molar-refractivity contribution in [3.63, 3.8) is 0 Å². The molecule has 43 heavy (non-hydrogen) atoms. The Balaban J connectivity index is 1.39. The zero-order chi connectivity index (χ0) is 30.7. The van der Waals surface area contributed by atoms with Gasteiger partial charge in [0.2, 0.25) is 26.0 Å². The number of fused-ring (bicyclic) bond motifs is 1. The first-order valence-corrected chi connectivity index (χ1v) is 14.7. The molecule has 228 valence electrons. The van der Waals surface area contributed by atoms with Gasteiger partial charge in [-0.3, -0.25) is 9.59 Å². The fourth-order valence-electron chi connectivity index (χ4n) is 4.33. The Labute approximate surface area is 245 Å². The van der Waals surface area contributed by atoms with E-state index in [1.165, 1.54) is 36.5 Å². The molecule has 0 radical (unpaired) electrons. The van der Waals surface area contributed by atoms with Gasteiger partial charge in [-0.15, -0.1) is 5.10 Å². The number of piperazine rings is 1. The number of carbonyl (C=O) groups is 1. The number of carbonyl (C=O) groups excluding carboxylic acids is 1. The number of sulfonamides is 1. The normalized spacial score (nSPS) is 16.1. The van der Waals surface area contributed by atoms with Gasteiger partial charge in [0.1, 0.15) is 17.5 Å². The standard InChI is InChI=1S/C25H22F4N6O6S2/c26-22(27)40-16-3-1-15(2-4-16)13-31-21(37)19-14-33(25-32-35-20(36)9-10-30-24(35)42-25)11-12-34(19)43(38,39)18-7-5-17(6-8-18)41-23(28)29/h1-10,19,22-23H,11-14H2,(H,31,37)/t19-/m1/s1. The Morgan fingerprint density at radius 3 is 2.21 bits per heavy atom. The van der Waals surface area contributed by atoms with Crippen LogP contribution in [0, 0.1) is 0 Å². The van der Waals surface area contributed by atoms with Crippen molar-refractivity contribution >= 4 is 37.4 Å². The van der Waals surface area contributed by atoms with E-state index < -0.39 is 40.8 Å². The highest BCUT2D eigenvalue weighted by Gasteiger charge is 2.41. The van der Waals surface area contributed by atoms with Gasteiger partial charge in [-0.25, -0.2) is 13.4 Å². The second-order valence-corrected chi connectivity index (χ2v) is 11.9. The van der Waals surface area contributed by atoms with E-state index in [2.05, 4.69) is 24.9 Å². The molecule has 0 unspecified atom stereocenters. The number of rotatable bonds is 10. The highest BCUT2D eigenvalue weighted by molar-refractivity contribution is 7.89. The number of nitrogens with zero attached hydrogens (tertiary/aromatic N) is 5. The number of nitrogens with one attached hydrogen (secondary N) is 1. The number of amides is 1. The van der Waals surface area contributed by atoms with Gasteiger partial charge in [0, 0.05) is 38.4 Å². The molecular formula is C25H22F4N6O6S2. The predicted molar refractivity (Wildman–Crippen MR) is 145 cm³/mol. The summed E-state index contributed by atoms with van der Waals surface area (Å²) in [7, 11) is -4.31. The summed E-state index contributed by atoms with van der Waals surface area (Å²) in [6.45, 7) is -6.34. The molecule has 0 saturated carbocycles. The molecule has 2 aromatic carbocycles. The number of halogens is 4. The second-order valence-electron chi connectivity index (χ2n) is 9.03. The predicted octanol–water partition coefficient (Wildman–Crippen LogP) is 2.55. The number of alkyl halides is 4. The van der Waals surface area contributed by atoms with E-state index in [0.717, 1.165) is 44.4 Å². The lowest BCUT2D eigenvalue weighted by molar-refractivity contribution is -0.125. The molecule has 1 N–H and O–H groups in total. The Morgan fingerprint density at radius 1 is 0.977 bits per heavy atom. The van der Waals surface area contributed by atoms with E-state index in [4.69, 9.17) is 0 Å². The average Bonchev–Trinajstić information content (AvgIpc) is 3.42. The van der Waals surface area contributed by atoms with Gasteiger partial charge in [0.15, 0.2) is 0 Å². The van der Waals surface area contributed by atoms with Gasteiger partial charge < -0.3 is 19.7 Å². The molecule has 1 atom stereocenters. The SMILES string of the molecule is O=C(NCc1ccc(OC(F)F)cc1)[C@H]1CN(c2nn3c(=O)ccnc3s2)CCN1S(=O)(=O)c1ccc(OC(F)F)cc1. The minimum absolute atomic E-state index is 0.0572. The number of hydrogen-bond acceptors (Lipinski definition) is 10. The van der Waals surface area contributed by atoms with Crippen molar-refractivity contribution in [3.8, 4) is 11.5 Å². The second kappa shape index (κ2) is 12.5. The summed E-state index contributed by atoms with van der Waals surface area (Å²) in [6, 6.07) is 9.86.